The average molecular weight is 91.8 g/mol. The summed E-state index contributed by atoms with van der Waals surface area (Å²) < 4.78 is 16.0. The molecule has 4 heteroatoms. The van der Waals surface area contributed by atoms with E-state index in [0.29, 0.717) is 0 Å². The van der Waals surface area contributed by atoms with Gasteiger partial charge in [0, 0.05) is 6.51 Å². The normalized spacial score (nSPS) is 11.0. The van der Waals surface area contributed by atoms with E-state index in [1.54, 1.807) is 0 Å². The van der Waals surface area contributed by atoms with Gasteiger partial charge in [-0.15, -0.1) is 0 Å². The van der Waals surface area contributed by atoms with Crippen LogP contribution in [0.25, 0.3) is 0 Å². The summed E-state index contributed by atoms with van der Waals surface area (Å²) in [5.74, 6) is 0. The molecule has 0 radical (unpaired) electrons. The molecule has 0 bridgehead atoms. The number of hydrogen-bond donors (Lipinski definition) is 1. The molecule has 28 valence electrons. The van der Waals surface area contributed by atoms with Crippen molar-refractivity contribution in [2.75, 3.05) is 6.51 Å². The molecule has 0 saturated carbocycles. The van der Waals surface area contributed by atoms with Gasteiger partial charge in [-0.05, 0) is 1.34 Å². The lowest BCUT2D eigenvalue weighted by molar-refractivity contribution is 0.368. The second-order valence-electron chi connectivity index (χ2n) is 0.471. The van der Waals surface area contributed by atoms with Gasteiger partial charge >= 0.3 is 0 Å². The van der Waals surface area contributed by atoms with Crippen molar-refractivity contribution in [2.24, 2.45) is 0 Å². The van der Waals surface area contributed by atoms with Crippen LogP contribution in [0.15, 0.2) is 0 Å². The van der Waals surface area contributed by atoms with E-state index >= 15 is 0 Å². The van der Waals surface area contributed by atoms with E-state index in [1.165, 1.54) is 0 Å². The van der Waals surface area contributed by atoms with E-state index in [9.17, 15) is 4.57 Å². The van der Waals surface area contributed by atoms with Crippen LogP contribution in [0.2, 0.25) is 0 Å². The minimum atomic E-state index is -0.843. The fourth-order valence-electron chi connectivity index (χ4n) is 0.0333. The minimum absolute atomic E-state index is 0.305. The van der Waals surface area contributed by atoms with Crippen molar-refractivity contribution < 1.29 is 9.67 Å². The predicted molar refractivity (Wildman–Crippen MR) is 21.8 cm³/mol. The third kappa shape index (κ3) is 4.12. The van der Waals surface area contributed by atoms with E-state index < -0.39 is 6.96 Å². The quantitative estimate of drug-likeness (QED) is 0.371. The summed E-state index contributed by atoms with van der Waals surface area (Å²) in [6, 6.07) is 0. The molecule has 0 heterocycles. The van der Waals surface area contributed by atoms with E-state index in [-0.39, 0.29) is 14.8 Å². The first-order valence-electron chi connectivity index (χ1n) is 1.74. The van der Waals surface area contributed by atoms with Crippen LogP contribution >= 0.6 is 8.34 Å². The van der Waals surface area contributed by atoms with Crippen molar-refractivity contribution in [3.8, 4) is 0 Å². The highest BCUT2D eigenvalue weighted by atomic mass is 31.1. The zero-order valence-corrected chi connectivity index (χ0v) is 3.48. The molecule has 2 nitrogen and oxygen atoms in total. The zero-order valence-electron chi connectivity index (χ0n) is 3.59. The maximum absolute atomic E-state index is 9.49. The lowest BCUT2D eigenvalue weighted by Crippen LogP contribution is -1.83. The highest BCUT2D eigenvalue weighted by Crippen LogP contribution is 1.79. The average Bonchev–Trinajstić information content (AvgIpc) is 1.65. The molecule has 0 aromatic heterocycles. The van der Waals surface area contributed by atoms with Crippen LogP contribution in [0.4, 0.5) is 0 Å². The van der Waals surface area contributed by atoms with Crippen LogP contribution in [0.1, 0.15) is 0 Å². The molecule has 0 aliphatic heterocycles. The van der Waals surface area contributed by atoms with Crippen molar-refractivity contribution in [3.05, 3.63) is 0 Å². The van der Waals surface area contributed by atoms with E-state index in [1.807, 2.05) is 0 Å². The van der Waals surface area contributed by atoms with Crippen molar-refractivity contribution in [3.63, 3.8) is 0 Å². The van der Waals surface area contributed by atoms with Crippen LogP contribution < -0.4 is 0 Å². The molecule has 0 aliphatic carbocycles. The molecule has 0 aromatic carbocycles. The Labute approximate surface area is 34.0 Å². The van der Waals surface area contributed by atoms with Crippen LogP contribution in [0.3, 0.4) is 0 Å². The third-order valence-corrected chi connectivity index (χ3v) is 0.469. The van der Waals surface area contributed by atoms with Crippen molar-refractivity contribution in [2.45, 2.75) is 0 Å². The van der Waals surface area contributed by atoms with Crippen LogP contribution in [-0.4, -0.2) is 19.9 Å². The van der Waals surface area contributed by atoms with E-state index in [2.05, 4.69) is 0 Å². The molecule has 0 rings (SSSR count). The summed E-state index contributed by atoms with van der Waals surface area (Å²) in [5.41, 5.74) is 0. The summed E-state index contributed by atoms with van der Waals surface area (Å²) in [5, 5.41) is 7.94. The molecular formula is CH4BO2P. The Morgan fingerprint density at radius 3 is 3.00 bits per heavy atom. The van der Waals surface area contributed by atoms with Gasteiger partial charge in [0.2, 0.25) is 0 Å². The van der Waals surface area contributed by atoms with E-state index in [4.69, 9.17) is 6.44 Å². The Kier molecular flexibility index (Phi) is 2.74. The van der Waals surface area contributed by atoms with Gasteiger partial charge in [0.25, 0.3) is 6.96 Å². The molecule has 0 atom stereocenters. The Bertz CT molecular complexity index is 50.8. The van der Waals surface area contributed by atoms with Crippen molar-refractivity contribution in [1.29, 1.82) is 1.34 Å². The number of rotatable bonds is 2. The van der Waals surface area contributed by atoms with Gasteiger partial charge in [0.15, 0.2) is 0 Å². The van der Waals surface area contributed by atoms with E-state index in [0.717, 1.165) is 0 Å². The first-order chi connectivity index (χ1) is 2.81. The lowest BCUT2D eigenvalue weighted by atomic mass is 10.2. The molecular weight excluding hydrogens is 85.8 g/mol. The Hall–Kier alpha value is 0.125. The van der Waals surface area contributed by atoms with Gasteiger partial charge in [0.1, 0.15) is 0 Å². The first-order valence-corrected chi connectivity index (χ1v) is 2.05. The Balaban J connectivity index is 2.96. The maximum Gasteiger partial charge on any atom is 0.268 e. The standard InChI is InChI=1S/CH4BO2P/c3-1-2-5-4/h2-3H,1H2/i2T. The Morgan fingerprint density at radius 2 is 3.00 bits per heavy atom. The fraction of sp³-hybridized carbons (Fsp3) is 1.00. The van der Waals surface area contributed by atoms with Gasteiger partial charge in [-0.3, -0.25) is 4.57 Å². The highest BCUT2D eigenvalue weighted by molar-refractivity contribution is 7.60. The summed E-state index contributed by atoms with van der Waals surface area (Å²) in [6.45, 7) is -1.17. The fourth-order valence-corrected chi connectivity index (χ4v) is 0.100. The second-order valence-corrected chi connectivity index (χ2v) is 1.05. The summed E-state index contributed by atoms with van der Waals surface area (Å²) >= 11 is 0. The molecule has 1 N–H and O–H groups in total. The summed E-state index contributed by atoms with van der Waals surface area (Å²) in [6.07, 6.45) is 0. The highest BCUT2D eigenvalue weighted by Gasteiger charge is 1.76. The zero-order chi connectivity index (χ0) is 4.99. The Morgan fingerprint density at radius 1 is 2.40 bits per heavy atom. The molecule has 0 amide bonds. The smallest absolute Gasteiger partial charge is 0.268 e. The van der Waals surface area contributed by atoms with Gasteiger partial charge in [-0.1, -0.05) is 0 Å². The largest absolute Gasteiger partial charge is 0.404 e. The topological polar surface area (TPSA) is 37.3 Å². The summed E-state index contributed by atoms with van der Waals surface area (Å²) in [4.78, 5) is 0. The third-order valence-electron chi connectivity index (χ3n) is 0.156. The second kappa shape index (κ2) is 4.12. The predicted octanol–water partition coefficient (Wildman–Crippen LogP) is -0.421. The number of aliphatic hydroxyl groups is 1. The SMILES string of the molecule is [3H]B(CO)P=O. The van der Waals surface area contributed by atoms with Crippen LogP contribution in [0.5, 0.6) is 0 Å². The number of aliphatic hydroxyl groups excluding tert-OH is 1. The maximum atomic E-state index is 9.49. The molecule has 5 heavy (non-hydrogen) atoms. The van der Waals surface area contributed by atoms with Crippen LogP contribution in [0, 0.1) is 0 Å². The van der Waals surface area contributed by atoms with Crippen LogP contribution in [-0.2, 0) is 4.57 Å². The van der Waals surface area contributed by atoms with Gasteiger partial charge in [-0.25, -0.2) is 0 Å². The monoisotopic (exact) mass is 92.0 g/mol. The van der Waals surface area contributed by atoms with Gasteiger partial charge in [-0.2, -0.15) is 0 Å². The van der Waals surface area contributed by atoms with Gasteiger partial charge in [0.05, 0.1) is 8.34 Å². The molecule has 0 aromatic rings. The lowest BCUT2D eigenvalue weighted by Gasteiger charge is -1.64. The van der Waals surface area contributed by atoms with Crippen molar-refractivity contribution in [1.82, 2.24) is 0 Å². The van der Waals surface area contributed by atoms with Crippen molar-refractivity contribution >= 4 is 15.3 Å². The van der Waals surface area contributed by atoms with Gasteiger partial charge < -0.3 is 5.11 Å². The molecule has 0 aliphatic rings. The number of hydrogen-bond acceptors (Lipinski definition) is 2. The molecule has 0 fully saturated rings. The molecule has 0 unspecified atom stereocenters. The minimum Gasteiger partial charge on any atom is -0.404 e. The molecule has 0 saturated heterocycles. The molecule has 0 spiro atoms. The first kappa shape index (κ1) is 3.32. The summed E-state index contributed by atoms with van der Waals surface area (Å²) in [7, 11) is -0.305.